The topological polar surface area (TPSA) is 85.1 Å². The van der Waals surface area contributed by atoms with E-state index in [0.29, 0.717) is 62.2 Å². The fraction of sp³-hybridized carbons (Fsp3) is 0.577. The first-order valence-electron chi connectivity index (χ1n) is 12.3. The maximum atomic E-state index is 13.6. The molecular weight excluding hydrogens is 453 g/mol. The third-order valence-corrected chi connectivity index (χ3v) is 6.85. The molecule has 3 heterocycles. The van der Waals surface area contributed by atoms with E-state index in [9.17, 15) is 14.0 Å². The number of hydrogen-bond donors (Lipinski definition) is 0. The Balaban J connectivity index is 1.56. The van der Waals surface area contributed by atoms with Crippen molar-refractivity contribution < 1.29 is 28.0 Å². The fourth-order valence-electron chi connectivity index (χ4n) is 4.91. The molecule has 0 radical (unpaired) electrons. The number of amides is 2. The number of halogens is 1. The molecule has 2 aromatic rings. The number of piperidine rings is 1. The van der Waals surface area contributed by atoms with Gasteiger partial charge in [-0.05, 0) is 49.9 Å². The van der Waals surface area contributed by atoms with Gasteiger partial charge in [-0.3, -0.25) is 9.59 Å². The number of ether oxygens (including phenoxy) is 2. The van der Waals surface area contributed by atoms with E-state index >= 15 is 0 Å². The van der Waals surface area contributed by atoms with Gasteiger partial charge in [0.25, 0.3) is 5.91 Å². The van der Waals surface area contributed by atoms with Crippen molar-refractivity contribution in [3.8, 4) is 5.75 Å². The summed E-state index contributed by atoms with van der Waals surface area (Å²) in [4.78, 5) is 30.5. The van der Waals surface area contributed by atoms with Crippen LogP contribution in [0.4, 0.5) is 4.39 Å². The minimum atomic E-state index is -0.569. The molecule has 2 saturated heterocycles. The largest absolute Gasteiger partial charge is 0.493 e. The quantitative estimate of drug-likeness (QED) is 0.591. The molecule has 8 nitrogen and oxygen atoms in total. The van der Waals surface area contributed by atoms with Crippen molar-refractivity contribution in [3.63, 3.8) is 0 Å². The standard InChI is InChI=1S/C26H34FN3O5/c1-18(2)24-23(19(3)35-28-24)25(32)30-10-4-9-26(16-30,15-22(31)29-11-13-33-14-12-29)17-34-21-7-5-20(27)6-8-21/h5-8,18H,4,9-17H2,1-3H3. The molecule has 2 aliphatic heterocycles. The molecule has 2 aliphatic rings. The number of aryl methyl sites for hydroxylation is 1. The Morgan fingerprint density at radius 2 is 1.86 bits per heavy atom. The zero-order valence-electron chi connectivity index (χ0n) is 20.7. The molecule has 0 N–H and O–H groups in total. The molecule has 9 heteroatoms. The van der Waals surface area contributed by atoms with Gasteiger partial charge in [-0.25, -0.2) is 4.39 Å². The molecule has 1 unspecified atom stereocenters. The lowest BCUT2D eigenvalue weighted by Crippen LogP contribution is -2.52. The summed E-state index contributed by atoms with van der Waals surface area (Å²) in [5.41, 5.74) is 0.589. The van der Waals surface area contributed by atoms with E-state index in [1.54, 1.807) is 24.0 Å². The summed E-state index contributed by atoms with van der Waals surface area (Å²) in [5.74, 6) is 0.651. The Hall–Kier alpha value is -2.94. The van der Waals surface area contributed by atoms with Gasteiger partial charge in [-0.2, -0.15) is 0 Å². The number of carbonyl (C=O) groups excluding carboxylic acids is 2. The van der Waals surface area contributed by atoms with Gasteiger partial charge >= 0.3 is 0 Å². The Morgan fingerprint density at radius 1 is 1.14 bits per heavy atom. The molecule has 2 fully saturated rings. The number of nitrogens with zero attached hydrogens (tertiary/aromatic N) is 3. The highest BCUT2D eigenvalue weighted by atomic mass is 19.1. The van der Waals surface area contributed by atoms with Gasteiger partial charge < -0.3 is 23.8 Å². The molecule has 4 rings (SSSR count). The van der Waals surface area contributed by atoms with E-state index in [2.05, 4.69) is 5.16 Å². The lowest BCUT2D eigenvalue weighted by molar-refractivity contribution is -0.139. The predicted octanol–water partition coefficient (Wildman–Crippen LogP) is 3.80. The summed E-state index contributed by atoms with van der Waals surface area (Å²) in [6.07, 6.45) is 1.75. The molecular formula is C26H34FN3O5. The van der Waals surface area contributed by atoms with Crippen LogP contribution in [0, 0.1) is 18.2 Å². The number of rotatable bonds is 7. The van der Waals surface area contributed by atoms with Gasteiger partial charge in [0.1, 0.15) is 22.9 Å². The highest BCUT2D eigenvalue weighted by Gasteiger charge is 2.42. The molecule has 2 amide bonds. The molecule has 1 atom stereocenters. The number of carbonyl (C=O) groups is 2. The average molecular weight is 488 g/mol. The molecule has 0 bridgehead atoms. The summed E-state index contributed by atoms with van der Waals surface area (Å²) in [5, 5.41) is 4.11. The molecule has 0 aliphatic carbocycles. The van der Waals surface area contributed by atoms with Crippen molar-refractivity contribution >= 4 is 11.8 Å². The van der Waals surface area contributed by atoms with Crippen LogP contribution in [0.15, 0.2) is 28.8 Å². The van der Waals surface area contributed by atoms with Crippen LogP contribution in [-0.4, -0.2) is 72.8 Å². The number of aromatic nitrogens is 1. The highest BCUT2D eigenvalue weighted by Crippen LogP contribution is 2.37. The maximum Gasteiger partial charge on any atom is 0.259 e. The van der Waals surface area contributed by atoms with E-state index < -0.39 is 5.41 Å². The lowest BCUT2D eigenvalue weighted by atomic mass is 9.77. The first-order chi connectivity index (χ1) is 16.8. The van der Waals surface area contributed by atoms with Crippen molar-refractivity contribution in [3.05, 3.63) is 47.1 Å². The number of hydrogen-bond acceptors (Lipinski definition) is 6. The Labute approximate surface area is 205 Å². The van der Waals surface area contributed by atoms with Gasteiger partial charge in [0, 0.05) is 38.0 Å². The van der Waals surface area contributed by atoms with Crippen LogP contribution < -0.4 is 4.74 Å². The van der Waals surface area contributed by atoms with Gasteiger partial charge in [0.15, 0.2) is 0 Å². The number of morpholine rings is 1. The molecule has 35 heavy (non-hydrogen) atoms. The zero-order chi connectivity index (χ0) is 25.0. The average Bonchev–Trinajstić information content (AvgIpc) is 3.25. The maximum absolute atomic E-state index is 13.6. The van der Waals surface area contributed by atoms with Gasteiger partial charge in [-0.1, -0.05) is 19.0 Å². The van der Waals surface area contributed by atoms with Gasteiger partial charge in [0.05, 0.1) is 25.5 Å². The fourth-order valence-corrected chi connectivity index (χ4v) is 4.91. The van der Waals surface area contributed by atoms with E-state index in [-0.39, 0.29) is 36.6 Å². The second-order valence-electron chi connectivity index (χ2n) is 9.90. The number of benzene rings is 1. The van der Waals surface area contributed by atoms with E-state index in [0.717, 1.165) is 12.8 Å². The Bertz CT molecular complexity index is 1030. The summed E-state index contributed by atoms with van der Waals surface area (Å²) < 4.78 is 30.2. The van der Waals surface area contributed by atoms with Crippen LogP contribution in [0.25, 0.3) is 0 Å². The molecule has 1 aromatic carbocycles. The Kier molecular flexibility index (Phi) is 7.74. The van der Waals surface area contributed by atoms with Crippen LogP contribution in [0.5, 0.6) is 5.75 Å². The summed E-state index contributed by atoms with van der Waals surface area (Å²) in [6, 6.07) is 5.85. The normalized spacial score (nSPS) is 20.8. The molecule has 190 valence electrons. The lowest BCUT2D eigenvalue weighted by Gasteiger charge is -2.43. The van der Waals surface area contributed by atoms with Crippen LogP contribution >= 0.6 is 0 Å². The van der Waals surface area contributed by atoms with E-state index in [1.807, 2.05) is 18.7 Å². The minimum absolute atomic E-state index is 0.0364. The number of likely N-dealkylation sites (tertiary alicyclic amines) is 1. The van der Waals surface area contributed by atoms with Crippen molar-refractivity contribution in [2.24, 2.45) is 5.41 Å². The second kappa shape index (κ2) is 10.8. The van der Waals surface area contributed by atoms with Crippen LogP contribution in [-0.2, 0) is 9.53 Å². The van der Waals surface area contributed by atoms with E-state index in [1.165, 1.54) is 12.1 Å². The SMILES string of the molecule is Cc1onc(C(C)C)c1C(=O)N1CCCC(COc2ccc(F)cc2)(CC(=O)N2CCOCC2)C1. The monoisotopic (exact) mass is 487 g/mol. The minimum Gasteiger partial charge on any atom is -0.493 e. The first-order valence-corrected chi connectivity index (χ1v) is 12.3. The summed E-state index contributed by atoms with van der Waals surface area (Å²) in [6.45, 7) is 9.11. The van der Waals surface area contributed by atoms with E-state index in [4.69, 9.17) is 14.0 Å². The van der Waals surface area contributed by atoms with Gasteiger partial charge in [0.2, 0.25) is 5.91 Å². The van der Waals surface area contributed by atoms with Crippen molar-refractivity contribution in [2.45, 2.75) is 46.0 Å². The van der Waals surface area contributed by atoms with Crippen LogP contribution in [0.1, 0.15) is 60.8 Å². The van der Waals surface area contributed by atoms with Crippen molar-refractivity contribution in [1.29, 1.82) is 0 Å². The van der Waals surface area contributed by atoms with Crippen LogP contribution in [0.2, 0.25) is 0 Å². The third-order valence-electron chi connectivity index (χ3n) is 6.85. The zero-order valence-corrected chi connectivity index (χ0v) is 20.7. The second-order valence-corrected chi connectivity index (χ2v) is 9.90. The predicted molar refractivity (Wildman–Crippen MR) is 127 cm³/mol. The molecule has 1 aromatic heterocycles. The van der Waals surface area contributed by atoms with Crippen molar-refractivity contribution in [2.75, 3.05) is 46.0 Å². The molecule has 0 spiro atoms. The highest BCUT2D eigenvalue weighted by molar-refractivity contribution is 5.96. The van der Waals surface area contributed by atoms with Crippen LogP contribution in [0.3, 0.4) is 0 Å². The summed E-state index contributed by atoms with van der Waals surface area (Å²) in [7, 11) is 0. The summed E-state index contributed by atoms with van der Waals surface area (Å²) >= 11 is 0. The van der Waals surface area contributed by atoms with Gasteiger partial charge in [-0.15, -0.1) is 0 Å². The Morgan fingerprint density at radius 3 is 2.54 bits per heavy atom. The smallest absolute Gasteiger partial charge is 0.259 e. The first kappa shape index (κ1) is 25.2. The molecule has 0 saturated carbocycles. The van der Waals surface area contributed by atoms with Crippen molar-refractivity contribution in [1.82, 2.24) is 15.0 Å². The third kappa shape index (κ3) is 5.83.